The minimum absolute atomic E-state index is 0. The van der Waals surface area contributed by atoms with E-state index < -0.39 is 5.97 Å². The molecule has 59 valence electrons. The zero-order valence-electron chi connectivity index (χ0n) is 7.38. The van der Waals surface area contributed by atoms with Gasteiger partial charge < -0.3 is 9.59 Å². The van der Waals surface area contributed by atoms with Crippen molar-refractivity contribution in [3.8, 4) is 0 Å². The maximum atomic E-state index is 9.00. The van der Waals surface area contributed by atoms with Crippen molar-refractivity contribution < 1.29 is 14.4 Å². The van der Waals surface area contributed by atoms with Crippen LogP contribution in [0.2, 0.25) is 0 Å². The standard InChI is InChI=1S/C4H12N.C2H4O2.B/c1-5(2,3)4;1-2(3)4;/h1-4H3;1H3,(H,3,4);/q+1;;. The SMILES string of the molecule is CC(=O)O.C[N+](C)(C)C.[B]. The Kier molecular flexibility index (Phi) is 10.7. The van der Waals surface area contributed by atoms with Crippen molar-refractivity contribution in [1.82, 2.24) is 0 Å². The Morgan fingerprint density at radius 1 is 1.20 bits per heavy atom. The first kappa shape index (κ1) is 16.2. The fraction of sp³-hybridized carbons (Fsp3) is 0.833. The molecule has 10 heavy (non-hydrogen) atoms. The number of quaternary nitrogens is 1. The van der Waals surface area contributed by atoms with Crippen molar-refractivity contribution in [2.45, 2.75) is 6.92 Å². The summed E-state index contributed by atoms with van der Waals surface area (Å²) in [5.74, 6) is -0.833. The zero-order chi connectivity index (χ0) is 8.08. The molecule has 0 amide bonds. The van der Waals surface area contributed by atoms with Gasteiger partial charge in [0.15, 0.2) is 0 Å². The molecule has 1 N–H and O–H groups in total. The summed E-state index contributed by atoms with van der Waals surface area (Å²) >= 11 is 0. The van der Waals surface area contributed by atoms with E-state index in [1.807, 2.05) is 0 Å². The van der Waals surface area contributed by atoms with Crippen LogP contribution in [0.25, 0.3) is 0 Å². The summed E-state index contributed by atoms with van der Waals surface area (Å²) in [7, 11) is 8.50. The smallest absolute Gasteiger partial charge is 0.300 e. The van der Waals surface area contributed by atoms with Crippen molar-refractivity contribution in [1.29, 1.82) is 0 Å². The number of carboxylic acid groups (broad SMARTS) is 1. The predicted octanol–water partition coefficient (Wildman–Crippen LogP) is 0.0325. The predicted molar refractivity (Wildman–Crippen MR) is 43.0 cm³/mol. The van der Waals surface area contributed by atoms with Crippen LogP contribution in [0.1, 0.15) is 6.92 Å². The molecule has 0 heterocycles. The number of rotatable bonds is 0. The average molecular weight is 145 g/mol. The lowest BCUT2D eigenvalue weighted by molar-refractivity contribution is -0.849. The molecule has 0 fully saturated rings. The number of aliphatic carboxylic acids is 1. The van der Waals surface area contributed by atoms with Crippen molar-refractivity contribution in [2.75, 3.05) is 28.2 Å². The number of nitrogens with zero attached hydrogens (tertiary/aromatic N) is 1. The first-order valence-corrected chi connectivity index (χ1v) is 2.72. The Balaban J connectivity index is -0.0000000910. The lowest BCUT2D eigenvalue weighted by Crippen LogP contribution is -2.27. The third-order valence-corrected chi connectivity index (χ3v) is 0. The molecule has 0 spiro atoms. The van der Waals surface area contributed by atoms with Gasteiger partial charge in [-0.05, 0) is 0 Å². The Morgan fingerprint density at radius 3 is 1.20 bits per heavy atom. The van der Waals surface area contributed by atoms with Crippen molar-refractivity contribution in [3.05, 3.63) is 0 Å². The van der Waals surface area contributed by atoms with Gasteiger partial charge >= 0.3 is 0 Å². The molecule has 4 heteroatoms. The molecular formula is C6H16BNO2+. The fourth-order valence-electron chi connectivity index (χ4n) is 0. The molecule has 0 aliphatic rings. The molecule has 0 unspecified atom stereocenters. The summed E-state index contributed by atoms with van der Waals surface area (Å²) in [6, 6.07) is 0. The monoisotopic (exact) mass is 145 g/mol. The van der Waals surface area contributed by atoms with Crippen LogP contribution in [-0.4, -0.2) is 52.2 Å². The van der Waals surface area contributed by atoms with Gasteiger partial charge in [0.1, 0.15) is 0 Å². The van der Waals surface area contributed by atoms with E-state index in [-0.39, 0.29) is 8.41 Å². The second-order valence-electron chi connectivity index (χ2n) is 3.20. The lowest BCUT2D eigenvalue weighted by atomic mass is 10.8. The summed E-state index contributed by atoms with van der Waals surface area (Å²) in [5, 5.41) is 7.42. The average Bonchev–Trinajstić information content (AvgIpc) is 1.19. The number of carboxylic acids is 1. The largest absolute Gasteiger partial charge is 0.481 e. The van der Waals surface area contributed by atoms with E-state index in [4.69, 9.17) is 9.90 Å². The Bertz CT molecular complexity index is 78.2. The number of hydrogen-bond acceptors (Lipinski definition) is 1. The highest BCUT2D eigenvalue weighted by atomic mass is 16.4. The summed E-state index contributed by atoms with van der Waals surface area (Å²) < 4.78 is 1.00. The molecule has 0 aromatic rings. The highest BCUT2D eigenvalue weighted by molar-refractivity contribution is 5.75. The van der Waals surface area contributed by atoms with E-state index in [1.165, 1.54) is 0 Å². The molecule has 0 rings (SSSR count). The van der Waals surface area contributed by atoms with Gasteiger partial charge in [0.25, 0.3) is 5.97 Å². The highest BCUT2D eigenvalue weighted by Gasteiger charge is 1.88. The first-order valence-electron chi connectivity index (χ1n) is 2.72. The van der Waals surface area contributed by atoms with Gasteiger partial charge in [0.05, 0.1) is 28.2 Å². The van der Waals surface area contributed by atoms with E-state index in [2.05, 4.69) is 28.2 Å². The van der Waals surface area contributed by atoms with E-state index in [1.54, 1.807) is 0 Å². The van der Waals surface area contributed by atoms with E-state index in [0.29, 0.717) is 0 Å². The van der Waals surface area contributed by atoms with Crippen LogP contribution in [0.15, 0.2) is 0 Å². The molecule has 0 aliphatic carbocycles. The van der Waals surface area contributed by atoms with Crippen LogP contribution in [0.3, 0.4) is 0 Å². The summed E-state index contributed by atoms with van der Waals surface area (Å²) in [4.78, 5) is 9.00. The molecule has 3 radical (unpaired) electrons. The summed E-state index contributed by atoms with van der Waals surface area (Å²) in [6.45, 7) is 1.08. The van der Waals surface area contributed by atoms with Crippen molar-refractivity contribution in [3.63, 3.8) is 0 Å². The van der Waals surface area contributed by atoms with Crippen LogP contribution < -0.4 is 0 Å². The van der Waals surface area contributed by atoms with Crippen molar-refractivity contribution in [2.24, 2.45) is 0 Å². The molecular weight excluding hydrogens is 129 g/mol. The molecule has 0 atom stereocenters. The minimum atomic E-state index is -0.833. The molecule has 0 saturated carbocycles. The van der Waals surface area contributed by atoms with E-state index >= 15 is 0 Å². The van der Waals surface area contributed by atoms with Crippen LogP contribution >= 0.6 is 0 Å². The molecule has 0 aromatic heterocycles. The zero-order valence-corrected chi connectivity index (χ0v) is 7.38. The quantitative estimate of drug-likeness (QED) is 0.385. The molecule has 0 bridgehead atoms. The van der Waals surface area contributed by atoms with Gasteiger partial charge in [-0.25, -0.2) is 0 Å². The first-order chi connectivity index (χ1) is 3.73. The second kappa shape index (κ2) is 6.61. The van der Waals surface area contributed by atoms with Gasteiger partial charge in [-0.3, -0.25) is 4.79 Å². The van der Waals surface area contributed by atoms with Crippen LogP contribution in [0.5, 0.6) is 0 Å². The minimum Gasteiger partial charge on any atom is -0.481 e. The van der Waals surface area contributed by atoms with Gasteiger partial charge in [0, 0.05) is 15.3 Å². The fourth-order valence-corrected chi connectivity index (χ4v) is 0. The van der Waals surface area contributed by atoms with Gasteiger partial charge in [-0.2, -0.15) is 0 Å². The van der Waals surface area contributed by atoms with Gasteiger partial charge in [-0.1, -0.05) is 0 Å². The third-order valence-electron chi connectivity index (χ3n) is 0. The summed E-state index contributed by atoms with van der Waals surface area (Å²) in [5.41, 5.74) is 0. The van der Waals surface area contributed by atoms with Crippen molar-refractivity contribution >= 4 is 14.4 Å². The second-order valence-corrected chi connectivity index (χ2v) is 3.20. The molecule has 0 aromatic carbocycles. The van der Waals surface area contributed by atoms with Gasteiger partial charge in [-0.15, -0.1) is 0 Å². The summed E-state index contributed by atoms with van der Waals surface area (Å²) in [6.07, 6.45) is 0. The Labute approximate surface area is 64.8 Å². The number of carbonyl (C=O) groups is 1. The maximum absolute atomic E-state index is 9.00. The molecule has 3 nitrogen and oxygen atoms in total. The molecule has 0 aliphatic heterocycles. The highest BCUT2D eigenvalue weighted by Crippen LogP contribution is 1.73. The Morgan fingerprint density at radius 2 is 1.20 bits per heavy atom. The third kappa shape index (κ3) is 1240. The maximum Gasteiger partial charge on any atom is 0.300 e. The number of hydrogen-bond donors (Lipinski definition) is 1. The topological polar surface area (TPSA) is 37.3 Å². The molecule has 0 saturated heterocycles. The van der Waals surface area contributed by atoms with Gasteiger partial charge in [0.2, 0.25) is 0 Å². The van der Waals surface area contributed by atoms with Crippen LogP contribution in [0, 0.1) is 0 Å². The van der Waals surface area contributed by atoms with E-state index in [0.717, 1.165) is 11.4 Å². The normalized spacial score (nSPS) is 8.50. The van der Waals surface area contributed by atoms with Crippen LogP contribution in [0.4, 0.5) is 0 Å². The Hall–Kier alpha value is -0.505. The van der Waals surface area contributed by atoms with Crippen LogP contribution in [-0.2, 0) is 4.79 Å². The lowest BCUT2D eigenvalue weighted by Gasteiger charge is -2.14. The van der Waals surface area contributed by atoms with E-state index in [9.17, 15) is 0 Å².